The van der Waals surface area contributed by atoms with Crippen LogP contribution in [0.1, 0.15) is 12.0 Å². The highest BCUT2D eigenvalue weighted by atomic mass is 16.5. The van der Waals surface area contributed by atoms with Gasteiger partial charge < -0.3 is 15.2 Å². The Kier molecular flexibility index (Phi) is 2.36. The van der Waals surface area contributed by atoms with Crippen molar-refractivity contribution in [2.24, 2.45) is 0 Å². The zero-order valence-corrected chi connectivity index (χ0v) is 7.42. The number of fused-ring (bicyclic) bond motifs is 1. The molecular weight excluding hydrogens is 166 g/mol. The highest BCUT2D eigenvalue weighted by Crippen LogP contribution is 2.27. The van der Waals surface area contributed by atoms with Gasteiger partial charge in [-0.1, -0.05) is 0 Å². The molecule has 0 fully saturated rings. The summed E-state index contributed by atoms with van der Waals surface area (Å²) in [7, 11) is 0. The number of hydrogen-bond donors (Lipinski definition) is 2. The third-order valence-electron chi connectivity index (χ3n) is 2.19. The van der Waals surface area contributed by atoms with Gasteiger partial charge in [-0.2, -0.15) is 0 Å². The molecular formula is C10H13NO2. The molecule has 0 amide bonds. The average molecular weight is 179 g/mol. The van der Waals surface area contributed by atoms with Crippen molar-refractivity contribution in [3.05, 3.63) is 23.8 Å². The number of ether oxygens (including phenoxy) is 1. The van der Waals surface area contributed by atoms with Crippen LogP contribution < -0.4 is 10.1 Å². The van der Waals surface area contributed by atoms with Crippen LogP contribution in [0.4, 0.5) is 5.69 Å². The van der Waals surface area contributed by atoms with E-state index in [0.29, 0.717) is 0 Å². The summed E-state index contributed by atoms with van der Waals surface area (Å²) in [5.74, 6) is 0.981. The third kappa shape index (κ3) is 1.75. The normalized spacial score (nSPS) is 14.5. The van der Waals surface area contributed by atoms with Gasteiger partial charge in [-0.05, 0) is 36.6 Å². The predicted octanol–water partition coefficient (Wildman–Crippen LogP) is 1.37. The molecule has 1 aliphatic rings. The van der Waals surface area contributed by atoms with Crippen LogP contribution in [-0.2, 0) is 6.42 Å². The monoisotopic (exact) mass is 179 g/mol. The Morgan fingerprint density at radius 3 is 3.23 bits per heavy atom. The van der Waals surface area contributed by atoms with Gasteiger partial charge in [-0.15, -0.1) is 0 Å². The Balaban J connectivity index is 2.24. The van der Waals surface area contributed by atoms with Crippen LogP contribution in [0.25, 0.3) is 0 Å². The van der Waals surface area contributed by atoms with Crippen LogP contribution in [0.2, 0.25) is 0 Å². The molecule has 3 nitrogen and oxygen atoms in total. The van der Waals surface area contributed by atoms with Gasteiger partial charge in [0, 0.05) is 5.69 Å². The van der Waals surface area contributed by atoms with Crippen molar-refractivity contribution in [3.8, 4) is 5.75 Å². The standard InChI is InChI=1S/C10H13NO2/c12-7-11-9-3-4-10-8(6-9)2-1-5-13-10/h3-4,6,11-12H,1-2,5,7H2. The Morgan fingerprint density at radius 2 is 2.38 bits per heavy atom. The van der Waals surface area contributed by atoms with Gasteiger partial charge in [-0.25, -0.2) is 0 Å². The molecule has 0 aromatic heterocycles. The summed E-state index contributed by atoms with van der Waals surface area (Å²) in [5, 5.41) is 11.5. The number of nitrogens with one attached hydrogen (secondary N) is 1. The van der Waals surface area contributed by atoms with E-state index in [9.17, 15) is 0 Å². The second-order valence-corrected chi connectivity index (χ2v) is 3.11. The van der Waals surface area contributed by atoms with E-state index >= 15 is 0 Å². The van der Waals surface area contributed by atoms with E-state index in [1.165, 1.54) is 5.56 Å². The van der Waals surface area contributed by atoms with Crippen LogP contribution in [0.3, 0.4) is 0 Å². The van der Waals surface area contributed by atoms with Crippen molar-refractivity contribution in [1.29, 1.82) is 0 Å². The minimum Gasteiger partial charge on any atom is -0.493 e. The molecule has 0 saturated heterocycles. The Labute approximate surface area is 77.3 Å². The SMILES string of the molecule is OCNc1ccc2c(c1)CCCO2. The van der Waals surface area contributed by atoms with Gasteiger partial charge in [0.1, 0.15) is 12.5 Å². The van der Waals surface area contributed by atoms with Crippen molar-refractivity contribution in [3.63, 3.8) is 0 Å². The molecule has 2 N–H and O–H groups in total. The summed E-state index contributed by atoms with van der Waals surface area (Å²) in [6.07, 6.45) is 2.14. The first-order valence-electron chi connectivity index (χ1n) is 4.50. The molecule has 1 aromatic carbocycles. The molecule has 13 heavy (non-hydrogen) atoms. The molecule has 1 aromatic rings. The Morgan fingerprint density at radius 1 is 1.46 bits per heavy atom. The van der Waals surface area contributed by atoms with Gasteiger partial charge >= 0.3 is 0 Å². The van der Waals surface area contributed by atoms with Crippen LogP contribution in [0.5, 0.6) is 5.75 Å². The first kappa shape index (κ1) is 8.38. The maximum absolute atomic E-state index is 8.68. The van der Waals surface area contributed by atoms with Gasteiger partial charge in [0.15, 0.2) is 0 Å². The molecule has 0 atom stereocenters. The van der Waals surface area contributed by atoms with E-state index in [0.717, 1.165) is 30.9 Å². The lowest BCUT2D eigenvalue weighted by molar-refractivity contribution is 0.288. The van der Waals surface area contributed by atoms with E-state index in [2.05, 4.69) is 5.32 Å². The van der Waals surface area contributed by atoms with Gasteiger partial charge in [0.2, 0.25) is 0 Å². The molecule has 3 heteroatoms. The molecule has 1 aliphatic heterocycles. The maximum Gasteiger partial charge on any atom is 0.122 e. The largest absolute Gasteiger partial charge is 0.493 e. The van der Waals surface area contributed by atoms with Gasteiger partial charge in [0.25, 0.3) is 0 Å². The van der Waals surface area contributed by atoms with Crippen molar-refractivity contribution < 1.29 is 9.84 Å². The molecule has 1 heterocycles. The second-order valence-electron chi connectivity index (χ2n) is 3.11. The third-order valence-corrected chi connectivity index (χ3v) is 2.19. The molecule has 0 bridgehead atoms. The summed E-state index contributed by atoms with van der Waals surface area (Å²) in [4.78, 5) is 0. The number of hydrogen-bond acceptors (Lipinski definition) is 3. The summed E-state index contributed by atoms with van der Waals surface area (Å²) >= 11 is 0. The maximum atomic E-state index is 8.68. The Bertz CT molecular complexity index is 299. The molecule has 70 valence electrons. The lowest BCUT2D eigenvalue weighted by atomic mass is 10.1. The fourth-order valence-corrected chi connectivity index (χ4v) is 1.56. The summed E-state index contributed by atoms with van der Waals surface area (Å²) in [5.41, 5.74) is 2.18. The van der Waals surface area contributed by atoms with Crippen molar-refractivity contribution >= 4 is 5.69 Å². The van der Waals surface area contributed by atoms with E-state index in [1.807, 2.05) is 18.2 Å². The molecule has 2 rings (SSSR count). The fraction of sp³-hybridized carbons (Fsp3) is 0.400. The minimum absolute atomic E-state index is 0.0281. The molecule has 0 radical (unpaired) electrons. The molecule has 0 unspecified atom stereocenters. The van der Waals surface area contributed by atoms with Crippen molar-refractivity contribution in [2.75, 3.05) is 18.7 Å². The van der Waals surface area contributed by atoms with Crippen LogP contribution in [0, 0.1) is 0 Å². The highest BCUT2D eigenvalue weighted by molar-refractivity contribution is 5.51. The zero-order chi connectivity index (χ0) is 9.10. The number of benzene rings is 1. The molecule has 0 saturated carbocycles. The van der Waals surface area contributed by atoms with E-state index < -0.39 is 0 Å². The van der Waals surface area contributed by atoms with E-state index in [4.69, 9.17) is 9.84 Å². The minimum atomic E-state index is -0.0281. The fourth-order valence-electron chi connectivity index (χ4n) is 1.56. The van der Waals surface area contributed by atoms with Gasteiger partial charge in [0.05, 0.1) is 6.61 Å². The first-order chi connectivity index (χ1) is 6.40. The molecule has 0 aliphatic carbocycles. The number of anilines is 1. The quantitative estimate of drug-likeness (QED) is 0.674. The predicted molar refractivity (Wildman–Crippen MR) is 51.0 cm³/mol. The van der Waals surface area contributed by atoms with E-state index in [1.54, 1.807) is 0 Å². The summed E-state index contributed by atoms with van der Waals surface area (Å²) < 4.78 is 5.47. The smallest absolute Gasteiger partial charge is 0.122 e. The number of rotatable bonds is 2. The van der Waals surface area contributed by atoms with Crippen molar-refractivity contribution in [1.82, 2.24) is 0 Å². The van der Waals surface area contributed by atoms with E-state index in [-0.39, 0.29) is 6.73 Å². The number of aliphatic hydroxyl groups excluding tert-OH is 1. The topological polar surface area (TPSA) is 41.5 Å². The Hall–Kier alpha value is -1.22. The lowest BCUT2D eigenvalue weighted by Crippen LogP contribution is -2.09. The number of aliphatic hydroxyl groups is 1. The molecule has 0 spiro atoms. The number of aryl methyl sites for hydroxylation is 1. The average Bonchev–Trinajstić information content (AvgIpc) is 2.18. The van der Waals surface area contributed by atoms with Gasteiger partial charge in [-0.3, -0.25) is 0 Å². The summed E-state index contributed by atoms with van der Waals surface area (Å²) in [6, 6.07) is 5.90. The van der Waals surface area contributed by atoms with Crippen molar-refractivity contribution in [2.45, 2.75) is 12.8 Å². The summed E-state index contributed by atoms with van der Waals surface area (Å²) in [6.45, 7) is 0.791. The van der Waals surface area contributed by atoms with Crippen LogP contribution in [-0.4, -0.2) is 18.4 Å². The van der Waals surface area contributed by atoms with Crippen LogP contribution in [0.15, 0.2) is 18.2 Å². The lowest BCUT2D eigenvalue weighted by Gasteiger charge is -2.17. The zero-order valence-electron chi connectivity index (χ0n) is 7.42. The van der Waals surface area contributed by atoms with Crippen LogP contribution >= 0.6 is 0 Å². The first-order valence-corrected chi connectivity index (χ1v) is 4.50. The highest BCUT2D eigenvalue weighted by Gasteiger charge is 2.09. The second kappa shape index (κ2) is 3.66.